The molecule has 0 saturated heterocycles. The van der Waals surface area contributed by atoms with E-state index in [1.807, 2.05) is 7.05 Å². The summed E-state index contributed by atoms with van der Waals surface area (Å²) in [6.45, 7) is 8.79. The maximum absolute atomic E-state index is 4.69. The van der Waals surface area contributed by atoms with Crippen molar-refractivity contribution in [2.24, 2.45) is 0 Å². The number of nitrogens with one attached hydrogen (secondary N) is 1. The Hall–Kier alpha value is -0.830. The van der Waals surface area contributed by atoms with Crippen molar-refractivity contribution in [1.29, 1.82) is 0 Å². The lowest BCUT2D eigenvalue weighted by molar-refractivity contribution is 0.497. The van der Waals surface area contributed by atoms with E-state index in [-0.39, 0.29) is 0 Å². The van der Waals surface area contributed by atoms with Gasteiger partial charge in [0, 0.05) is 24.2 Å². The first-order valence-electron chi connectivity index (χ1n) is 6.33. The van der Waals surface area contributed by atoms with Crippen molar-refractivity contribution < 1.29 is 0 Å². The summed E-state index contributed by atoms with van der Waals surface area (Å²) in [6, 6.07) is 3.21. The van der Waals surface area contributed by atoms with Crippen molar-refractivity contribution in [3.05, 3.63) is 17.5 Å². The van der Waals surface area contributed by atoms with E-state index in [4.69, 9.17) is 5.10 Å². The lowest BCUT2D eigenvalue weighted by Gasteiger charge is -2.10. The van der Waals surface area contributed by atoms with Gasteiger partial charge in [-0.15, -0.1) is 0 Å². The Bertz CT molecular complexity index is 315. The van der Waals surface area contributed by atoms with Crippen LogP contribution >= 0.6 is 0 Å². The molecule has 0 fully saturated rings. The first-order chi connectivity index (χ1) is 7.58. The van der Waals surface area contributed by atoms with Gasteiger partial charge in [0.25, 0.3) is 0 Å². The lowest BCUT2D eigenvalue weighted by atomic mass is 10.1. The smallest absolute Gasteiger partial charge is 0.0643 e. The summed E-state index contributed by atoms with van der Waals surface area (Å²) in [7, 11) is 2.00. The monoisotopic (exact) mass is 223 g/mol. The minimum atomic E-state index is 0.459. The molecule has 3 heteroatoms. The predicted molar refractivity (Wildman–Crippen MR) is 68.8 cm³/mol. The van der Waals surface area contributed by atoms with Gasteiger partial charge in [0.1, 0.15) is 0 Å². The molecule has 1 N–H and O–H groups in total. The topological polar surface area (TPSA) is 29.9 Å². The van der Waals surface area contributed by atoms with Crippen molar-refractivity contribution >= 4 is 0 Å². The molecule has 0 spiro atoms. The Labute approximate surface area is 99.2 Å². The molecule has 3 nitrogen and oxygen atoms in total. The molecule has 0 aliphatic heterocycles. The zero-order valence-corrected chi connectivity index (χ0v) is 11.2. The summed E-state index contributed by atoms with van der Waals surface area (Å²) in [5, 5.41) is 7.95. The van der Waals surface area contributed by atoms with Crippen molar-refractivity contribution in [1.82, 2.24) is 15.1 Å². The van der Waals surface area contributed by atoms with Gasteiger partial charge in [-0.05, 0) is 40.3 Å². The highest BCUT2D eigenvalue weighted by molar-refractivity contribution is 5.12. The third-order valence-electron chi connectivity index (χ3n) is 2.87. The lowest BCUT2D eigenvalue weighted by Crippen LogP contribution is -2.23. The fourth-order valence-corrected chi connectivity index (χ4v) is 1.90. The molecule has 0 aromatic carbocycles. The van der Waals surface area contributed by atoms with Crippen LogP contribution in [0.5, 0.6) is 0 Å². The minimum Gasteiger partial charge on any atom is -0.317 e. The molecule has 0 amide bonds. The molecule has 16 heavy (non-hydrogen) atoms. The number of hydrogen-bond acceptors (Lipinski definition) is 2. The van der Waals surface area contributed by atoms with Gasteiger partial charge in [0.2, 0.25) is 0 Å². The van der Waals surface area contributed by atoms with Crippen LogP contribution in [0.15, 0.2) is 6.07 Å². The Kier molecular flexibility index (Phi) is 5.00. The van der Waals surface area contributed by atoms with Crippen LogP contribution in [0, 0.1) is 0 Å². The molecule has 1 unspecified atom stereocenters. The first-order valence-corrected chi connectivity index (χ1v) is 6.33. The molecule has 1 heterocycles. The standard InChI is InChI=1S/C13H25N3/c1-6-7-13-9-12(8-11(4)14-5)15-16(13)10(2)3/h9-11,14H,6-8H2,1-5H3. The van der Waals surface area contributed by atoms with Crippen molar-refractivity contribution in [3.63, 3.8) is 0 Å². The molecule has 0 aliphatic rings. The number of rotatable bonds is 6. The molecule has 92 valence electrons. The molecule has 0 bridgehead atoms. The van der Waals surface area contributed by atoms with E-state index in [0.29, 0.717) is 12.1 Å². The van der Waals surface area contributed by atoms with E-state index in [2.05, 4.69) is 43.8 Å². The van der Waals surface area contributed by atoms with Gasteiger partial charge in [-0.25, -0.2) is 0 Å². The maximum atomic E-state index is 4.69. The van der Waals surface area contributed by atoms with Gasteiger partial charge in [0.15, 0.2) is 0 Å². The largest absolute Gasteiger partial charge is 0.317 e. The van der Waals surface area contributed by atoms with E-state index < -0.39 is 0 Å². The van der Waals surface area contributed by atoms with E-state index in [1.54, 1.807) is 0 Å². The summed E-state index contributed by atoms with van der Waals surface area (Å²) in [5.41, 5.74) is 2.58. The summed E-state index contributed by atoms with van der Waals surface area (Å²) < 4.78 is 2.17. The second-order valence-electron chi connectivity index (χ2n) is 4.81. The fourth-order valence-electron chi connectivity index (χ4n) is 1.90. The summed E-state index contributed by atoms with van der Waals surface area (Å²) in [5.74, 6) is 0. The number of hydrogen-bond donors (Lipinski definition) is 1. The van der Waals surface area contributed by atoms with Crippen LogP contribution in [0.25, 0.3) is 0 Å². The second kappa shape index (κ2) is 6.04. The van der Waals surface area contributed by atoms with E-state index in [9.17, 15) is 0 Å². The number of aromatic nitrogens is 2. The van der Waals surface area contributed by atoms with E-state index in [1.165, 1.54) is 17.8 Å². The molecule has 1 rings (SSSR count). The second-order valence-corrected chi connectivity index (χ2v) is 4.81. The van der Waals surface area contributed by atoms with Gasteiger partial charge >= 0.3 is 0 Å². The molecule has 1 aromatic heterocycles. The van der Waals surface area contributed by atoms with Gasteiger partial charge in [-0.3, -0.25) is 4.68 Å². The van der Waals surface area contributed by atoms with Gasteiger partial charge in [-0.2, -0.15) is 5.10 Å². The highest BCUT2D eigenvalue weighted by Crippen LogP contribution is 2.14. The maximum Gasteiger partial charge on any atom is 0.0643 e. The summed E-state index contributed by atoms with van der Waals surface area (Å²) >= 11 is 0. The van der Waals surface area contributed by atoms with Crippen LogP contribution < -0.4 is 5.32 Å². The van der Waals surface area contributed by atoms with Crippen LogP contribution in [0.2, 0.25) is 0 Å². The predicted octanol–water partition coefficient (Wildman–Crippen LogP) is 2.57. The van der Waals surface area contributed by atoms with Crippen LogP contribution in [0.3, 0.4) is 0 Å². The molecule has 0 saturated carbocycles. The Morgan fingerprint density at radius 1 is 1.38 bits per heavy atom. The minimum absolute atomic E-state index is 0.459. The number of aryl methyl sites for hydroxylation is 1. The molecule has 1 aromatic rings. The third kappa shape index (κ3) is 3.34. The Balaban J connectivity index is 2.83. The number of likely N-dealkylation sites (N-methyl/N-ethyl adjacent to an activating group) is 1. The average molecular weight is 223 g/mol. The molecular weight excluding hydrogens is 198 g/mol. The fraction of sp³-hybridized carbons (Fsp3) is 0.769. The van der Waals surface area contributed by atoms with Crippen LogP contribution in [-0.2, 0) is 12.8 Å². The highest BCUT2D eigenvalue weighted by Gasteiger charge is 2.11. The molecule has 0 radical (unpaired) electrons. The quantitative estimate of drug-likeness (QED) is 0.803. The van der Waals surface area contributed by atoms with Crippen molar-refractivity contribution in [3.8, 4) is 0 Å². The molecule has 1 atom stereocenters. The van der Waals surface area contributed by atoms with E-state index in [0.717, 1.165) is 12.8 Å². The molecular formula is C13H25N3. The summed E-state index contributed by atoms with van der Waals surface area (Å²) in [4.78, 5) is 0. The van der Waals surface area contributed by atoms with Crippen LogP contribution in [0.4, 0.5) is 0 Å². The number of nitrogens with zero attached hydrogens (tertiary/aromatic N) is 2. The normalized spacial score (nSPS) is 13.4. The zero-order valence-electron chi connectivity index (χ0n) is 11.2. The first kappa shape index (κ1) is 13.2. The zero-order chi connectivity index (χ0) is 12.1. The van der Waals surface area contributed by atoms with Gasteiger partial charge < -0.3 is 5.32 Å². The SMILES string of the molecule is CCCc1cc(CC(C)NC)nn1C(C)C. The van der Waals surface area contributed by atoms with Gasteiger partial charge in [-0.1, -0.05) is 13.3 Å². The van der Waals surface area contributed by atoms with Crippen molar-refractivity contribution in [2.45, 2.75) is 59.0 Å². The van der Waals surface area contributed by atoms with E-state index >= 15 is 0 Å². The summed E-state index contributed by atoms with van der Waals surface area (Å²) in [6.07, 6.45) is 3.31. The van der Waals surface area contributed by atoms with Crippen LogP contribution in [-0.4, -0.2) is 22.9 Å². The van der Waals surface area contributed by atoms with Gasteiger partial charge in [0.05, 0.1) is 5.69 Å². The Morgan fingerprint density at radius 2 is 2.06 bits per heavy atom. The van der Waals surface area contributed by atoms with Crippen molar-refractivity contribution in [2.75, 3.05) is 7.05 Å². The molecule has 0 aliphatic carbocycles. The average Bonchev–Trinajstić information content (AvgIpc) is 2.61. The highest BCUT2D eigenvalue weighted by atomic mass is 15.3. The Morgan fingerprint density at radius 3 is 2.56 bits per heavy atom. The third-order valence-corrected chi connectivity index (χ3v) is 2.87. The van der Waals surface area contributed by atoms with Crippen LogP contribution in [0.1, 0.15) is 51.5 Å².